The molecule has 0 bridgehead atoms. The molecule has 1 aliphatic rings. The lowest BCUT2D eigenvalue weighted by molar-refractivity contribution is 0.138. The molecule has 2 aromatic heterocycles. The summed E-state index contributed by atoms with van der Waals surface area (Å²) in [7, 11) is 0. The lowest BCUT2D eigenvalue weighted by Gasteiger charge is -2.36. The van der Waals surface area contributed by atoms with Crippen LogP contribution in [0.3, 0.4) is 0 Å². The first-order valence-corrected chi connectivity index (χ1v) is 9.37. The molecule has 2 aromatic rings. The van der Waals surface area contributed by atoms with Crippen molar-refractivity contribution < 1.29 is 4.79 Å². The number of hydrogen-bond donors (Lipinski definition) is 3. The topological polar surface area (TPSA) is 73.1 Å². The zero-order chi connectivity index (χ0) is 16.8. The maximum atomic E-state index is 12.1. The van der Waals surface area contributed by atoms with E-state index in [4.69, 9.17) is 0 Å². The van der Waals surface area contributed by atoms with Crippen LogP contribution in [0, 0.1) is 5.92 Å². The average molecular weight is 347 g/mol. The third-order valence-electron chi connectivity index (χ3n) is 4.58. The minimum atomic E-state index is -0.142. The van der Waals surface area contributed by atoms with Gasteiger partial charge in [-0.05, 0) is 49.4 Å². The van der Waals surface area contributed by atoms with Gasteiger partial charge < -0.3 is 10.6 Å². The third-order valence-corrected chi connectivity index (χ3v) is 5.56. The van der Waals surface area contributed by atoms with Crippen LogP contribution in [0.1, 0.15) is 36.4 Å². The smallest absolute Gasteiger partial charge is 0.315 e. The highest BCUT2D eigenvalue weighted by Gasteiger charge is 2.25. The molecule has 2 amide bonds. The molecule has 0 unspecified atom stereocenters. The first-order chi connectivity index (χ1) is 11.7. The van der Waals surface area contributed by atoms with E-state index in [0.29, 0.717) is 13.1 Å². The number of H-pyrrole nitrogens is 1. The van der Waals surface area contributed by atoms with Gasteiger partial charge in [0.15, 0.2) is 0 Å². The summed E-state index contributed by atoms with van der Waals surface area (Å²) in [6, 6.07) is 6.21. The molecule has 1 atom stereocenters. The van der Waals surface area contributed by atoms with Gasteiger partial charge in [0.1, 0.15) is 0 Å². The van der Waals surface area contributed by atoms with Crippen LogP contribution in [-0.2, 0) is 6.54 Å². The van der Waals surface area contributed by atoms with Crippen LogP contribution in [0.4, 0.5) is 4.79 Å². The molecule has 1 fully saturated rings. The maximum absolute atomic E-state index is 12.1. The van der Waals surface area contributed by atoms with Crippen molar-refractivity contribution in [3.8, 4) is 0 Å². The van der Waals surface area contributed by atoms with Gasteiger partial charge in [0.2, 0.25) is 0 Å². The number of rotatable bonds is 6. The van der Waals surface area contributed by atoms with E-state index in [1.54, 1.807) is 17.5 Å². The molecule has 130 valence electrons. The summed E-state index contributed by atoms with van der Waals surface area (Å²) >= 11 is 1.76. The summed E-state index contributed by atoms with van der Waals surface area (Å²) < 4.78 is 0. The highest BCUT2D eigenvalue weighted by atomic mass is 32.1. The van der Waals surface area contributed by atoms with Gasteiger partial charge in [0, 0.05) is 17.6 Å². The molecule has 0 saturated carbocycles. The Labute approximate surface area is 146 Å². The van der Waals surface area contributed by atoms with E-state index in [0.717, 1.165) is 24.7 Å². The molecule has 0 radical (unpaired) electrons. The Hall–Kier alpha value is -1.86. The Bertz CT molecular complexity index is 605. The Balaban J connectivity index is 1.53. The van der Waals surface area contributed by atoms with Crippen LogP contribution >= 0.6 is 11.3 Å². The van der Waals surface area contributed by atoms with Crippen molar-refractivity contribution in [1.82, 2.24) is 25.7 Å². The number of likely N-dealkylation sites (tertiary alicyclic amines) is 1. The predicted octanol–water partition coefficient (Wildman–Crippen LogP) is 2.74. The van der Waals surface area contributed by atoms with Gasteiger partial charge in [0.05, 0.1) is 18.3 Å². The van der Waals surface area contributed by atoms with Crippen molar-refractivity contribution in [1.29, 1.82) is 0 Å². The van der Waals surface area contributed by atoms with E-state index in [1.165, 1.54) is 17.7 Å². The standard InChI is InChI=1S/C17H25N5OS/c1-13-5-8-22(9-6-13)15(16-3-2-10-24-16)12-19-17(23)18-11-14-4-7-20-21-14/h2-4,7,10,13,15H,5-6,8-9,11-12H2,1H3,(H,20,21)(H2,18,19,23)/t15-/m1/s1. The molecule has 3 rings (SSSR count). The molecule has 3 heterocycles. The highest BCUT2D eigenvalue weighted by molar-refractivity contribution is 7.10. The van der Waals surface area contributed by atoms with Crippen LogP contribution in [0.2, 0.25) is 0 Å². The first kappa shape index (κ1) is 17.0. The molecule has 24 heavy (non-hydrogen) atoms. The third kappa shape index (κ3) is 4.58. The lowest BCUT2D eigenvalue weighted by Crippen LogP contribution is -2.44. The van der Waals surface area contributed by atoms with Gasteiger partial charge in [-0.25, -0.2) is 4.79 Å². The number of aromatic amines is 1. The summed E-state index contributed by atoms with van der Waals surface area (Å²) in [5.74, 6) is 0.802. The van der Waals surface area contributed by atoms with Crippen molar-refractivity contribution in [3.63, 3.8) is 0 Å². The number of nitrogens with one attached hydrogen (secondary N) is 3. The number of urea groups is 1. The molecule has 3 N–H and O–H groups in total. The van der Waals surface area contributed by atoms with Crippen LogP contribution in [0.25, 0.3) is 0 Å². The lowest BCUT2D eigenvalue weighted by atomic mass is 9.97. The van der Waals surface area contributed by atoms with Gasteiger partial charge in [-0.15, -0.1) is 11.3 Å². The SMILES string of the molecule is CC1CCN([C@H](CNC(=O)NCc2ccn[nH]2)c2cccs2)CC1. The second-order valence-corrected chi connectivity index (χ2v) is 7.37. The fourth-order valence-corrected chi connectivity index (χ4v) is 3.90. The van der Waals surface area contributed by atoms with Gasteiger partial charge in [-0.3, -0.25) is 10.00 Å². The van der Waals surface area contributed by atoms with Crippen LogP contribution in [0.15, 0.2) is 29.8 Å². The fraction of sp³-hybridized carbons (Fsp3) is 0.529. The number of aromatic nitrogens is 2. The highest BCUT2D eigenvalue weighted by Crippen LogP contribution is 2.28. The van der Waals surface area contributed by atoms with E-state index < -0.39 is 0 Å². The Morgan fingerprint density at radius 1 is 1.42 bits per heavy atom. The zero-order valence-electron chi connectivity index (χ0n) is 14.0. The quantitative estimate of drug-likeness (QED) is 0.752. The Kier molecular flexibility index (Phi) is 5.87. The molecule has 6 nitrogen and oxygen atoms in total. The minimum absolute atomic E-state index is 0.142. The molecule has 0 aliphatic carbocycles. The second kappa shape index (κ2) is 8.30. The first-order valence-electron chi connectivity index (χ1n) is 8.50. The molecular weight excluding hydrogens is 322 g/mol. The van der Waals surface area contributed by atoms with Crippen molar-refractivity contribution in [2.45, 2.75) is 32.4 Å². The molecule has 1 saturated heterocycles. The number of piperidine rings is 1. The number of nitrogens with zero attached hydrogens (tertiary/aromatic N) is 2. The summed E-state index contributed by atoms with van der Waals surface area (Å²) in [5.41, 5.74) is 0.893. The number of carbonyl (C=O) groups is 1. The van der Waals surface area contributed by atoms with Gasteiger partial charge in [0.25, 0.3) is 0 Å². The average Bonchev–Trinajstić information content (AvgIpc) is 3.28. The summed E-state index contributed by atoms with van der Waals surface area (Å²) in [4.78, 5) is 15.9. The fourth-order valence-electron chi connectivity index (χ4n) is 3.04. The van der Waals surface area contributed by atoms with Crippen LogP contribution < -0.4 is 10.6 Å². The van der Waals surface area contributed by atoms with Gasteiger partial charge >= 0.3 is 6.03 Å². The maximum Gasteiger partial charge on any atom is 0.315 e. The second-order valence-electron chi connectivity index (χ2n) is 6.40. The molecule has 1 aliphatic heterocycles. The number of carbonyl (C=O) groups excluding carboxylic acids is 1. The van der Waals surface area contributed by atoms with E-state index in [9.17, 15) is 4.79 Å². The van der Waals surface area contributed by atoms with E-state index in [1.807, 2.05) is 6.07 Å². The summed E-state index contributed by atoms with van der Waals surface area (Å²) in [6.07, 6.45) is 4.14. The number of hydrogen-bond acceptors (Lipinski definition) is 4. The van der Waals surface area contributed by atoms with Crippen molar-refractivity contribution in [2.24, 2.45) is 5.92 Å². The Morgan fingerprint density at radius 3 is 2.92 bits per heavy atom. The molecule has 0 aromatic carbocycles. The van der Waals surface area contributed by atoms with Crippen LogP contribution in [0.5, 0.6) is 0 Å². The van der Waals surface area contributed by atoms with Gasteiger partial charge in [-0.2, -0.15) is 5.10 Å². The van der Waals surface area contributed by atoms with Crippen molar-refractivity contribution >= 4 is 17.4 Å². The molecular formula is C17H25N5OS. The summed E-state index contributed by atoms with van der Waals surface area (Å²) in [6.45, 7) is 5.60. The van der Waals surface area contributed by atoms with E-state index in [2.05, 4.69) is 50.2 Å². The molecule has 0 spiro atoms. The summed E-state index contributed by atoms with van der Waals surface area (Å²) in [5, 5.41) is 14.7. The minimum Gasteiger partial charge on any atom is -0.336 e. The normalized spacial score (nSPS) is 17.5. The Morgan fingerprint density at radius 2 is 2.25 bits per heavy atom. The number of thiophene rings is 1. The predicted molar refractivity (Wildman–Crippen MR) is 95.9 cm³/mol. The molecule has 7 heteroatoms. The largest absolute Gasteiger partial charge is 0.336 e. The monoisotopic (exact) mass is 347 g/mol. The number of amides is 2. The zero-order valence-corrected chi connectivity index (χ0v) is 14.8. The van der Waals surface area contributed by atoms with E-state index >= 15 is 0 Å². The van der Waals surface area contributed by atoms with Crippen LogP contribution in [-0.4, -0.2) is 40.8 Å². The van der Waals surface area contributed by atoms with E-state index in [-0.39, 0.29) is 12.1 Å². The van der Waals surface area contributed by atoms with Gasteiger partial charge in [-0.1, -0.05) is 13.0 Å². The van der Waals surface area contributed by atoms with Crippen molar-refractivity contribution in [2.75, 3.05) is 19.6 Å². The van der Waals surface area contributed by atoms with Crippen molar-refractivity contribution in [3.05, 3.63) is 40.3 Å².